The fraction of sp³-hybridized carbons (Fsp3) is 0.172. The van der Waals surface area contributed by atoms with Crippen molar-refractivity contribution in [2.45, 2.75) is 20.2 Å². The molecule has 1 N–H and O–H groups in total. The number of ether oxygens (including phenoxy) is 2. The lowest BCUT2D eigenvalue weighted by molar-refractivity contribution is 0.0317. The molecule has 0 aliphatic rings. The van der Waals surface area contributed by atoms with Gasteiger partial charge in [0.1, 0.15) is 17.3 Å². The number of carbonyl (C=O) groups excluding carboxylic acids is 1. The zero-order chi connectivity index (χ0) is 26.7. The van der Waals surface area contributed by atoms with Crippen molar-refractivity contribution in [2.24, 2.45) is 4.99 Å². The quantitative estimate of drug-likeness (QED) is 0.153. The van der Waals surface area contributed by atoms with Crippen LogP contribution in [0.4, 0.5) is 8.78 Å². The number of nitrogens with zero attached hydrogens (tertiary/aromatic N) is 1. The van der Waals surface area contributed by atoms with Gasteiger partial charge in [0, 0.05) is 41.0 Å². The number of hydrogen-bond acceptors (Lipinski definition) is 4. The molecule has 0 spiro atoms. The number of aromatic amines is 1. The van der Waals surface area contributed by atoms with Crippen LogP contribution in [0.15, 0.2) is 77.5 Å². The van der Waals surface area contributed by atoms with Gasteiger partial charge in [-0.3, -0.25) is 4.99 Å². The average Bonchev–Trinajstić information content (AvgIpc) is 3.26. The second-order valence-corrected chi connectivity index (χ2v) is 8.63. The number of aromatic nitrogens is 1. The Bertz CT molecular complexity index is 1540. The first-order valence-corrected chi connectivity index (χ1v) is 11.9. The van der Waals surface area contributed by atoms with Crippen LogP contribution in [0.1, 0.15) is 29.8 Å². The first kappa shape index (κ1) is 26.1. The summed E-state index contributed by atoms with van der Waals surface area (Å²) in [6.07, 6.45) is 0.0612. The Balaban J connectivity index is 1.91. The molecule has 5 nitrogen and oxygen atoms in total. The summed E-state index contributed by atoms with van der Waals surface area (Å²) >= 11 is 6.52. The van der Waals surface area contributed by atoms with Gasteiger partial charge in [0.2, 0.25) is 6.36 Å². The lowest BCUT2D eigenvalue weighted by Crippen LogP contribution is -2.13. The molecule has 1 aromatic heterocycles. The maximum atomic E-state index is 14.3. The van der Waals surface area contributed by atoms with E-state index in [0.717, 1.165) is 11.1 Å². The predicted octanol–water partition coefficient (Wildman–Crippen LogP) is 7.74. The highest BCUT2D eigenvalue weighted by Gasteiger charge is 2.23. The van der Waals surface area contributed by atoms with Gasteiger partial charge in [-0.15, -0.1) is 0 Å². The van der Waals surface area contributed by atoms with Crippen molar-refractivity contribution in [3.8, 4) is 22.4 Å². The van der Waals surface area contributed by atoms with Crippen LogP contribution < -0.4 is 0 Å². The van der Waals surface area contributed by atoms with E-state index in [4.69, 9.17) is 21.1 Å². The minimum absolute atomic E-state index is 0.238. The molecule has 1 atom stereocenters. The predicted molar refractivity (Wildman–Crippen MR) is 143 cm³/mol. The SMILES string of the molecule is C/C=C(/OC(C)F)C(=NC)c1c(-c2cccc(-c3ccc(C(=O)OC)cc3Cl)c2)[nH]c2ccc(F)cc12. The molecule has 0 saturated carbocycles. The summed E-state index contributed by atoms with van der Waals surface area (Å²) in [5.74, 6) is -0.655. The standard InChI is InChI=1S/C29H25ClF2N2O3/c1-5-25(37-16(2)31)28(33-3)26-22-15-20(32)10-12-24(22)34-27(26)18-8-6-7-17(13-18)21-11-9-19(14-23(21)30)29(35)36-4/h5-16,34H,1-4H3/b25-5+,33-28?. The molecule has 4 rings (SSSR count). The Hall–Kier alpha value is -3.97. The lowest BCUT2D eigenvalue weighted by Gasteiger charge is -2.15. The van der Waals surface area contributed by atoms with Gasteiger partial charge < -0.3 is 14.5 Å². The second-order valence-electron chi connectivity index (χ2n) is 8.22. The third-order valence-electron chi connectivity index (χ3n) is 5.86. The van der Waals surface area contributed by atoms with Crippen LogP contribution in [0.25, 0.3) is 33.3 Å². The molecule has 37 heavy (non-hydrogen) atoms. The Kier molecular flexibility index (Phi) is 7.74. The summed E-state index contributed by atoms with van der Waals surface area (Å²) in [5.41, 5.74) is 4.92. The molecule has 0 aliphatic carbocycles. The third kappa shape index (κ3) is 5.27. The van der Waals surface area contributed by atoms with E-state index >= 15 is 0 Å². The number of halogens is 3. The fourth-order valence-corrected chi connectivity index (χ4v) is 4.53. The van der Waals surface area contributed by atoms with E-state index in [1.165, 1.54) is 26.2 Å². The van der Waals surface area contributed by atoms with Crippen LogP contribution >= 0.6 is 11.6 Å². The Morgan fingerprint density at radius 3 is 2.51 bits per heavy atom. The molecule has 0 amide bonds. The molecule has 190 valence electrons. The summed E-state index contributed by atoms with van der Waals surface area (Å²) < 4.78 is 38.3. The van der Waals surface area contributed by atoms with E-state index < -0.39 is 18.1 Å². The Morgan fingerprint density at radius 1 is 1.11 bits per heavy atom. The first-order chi connectivity index (χ1) is 17.8. The molecule has 0 fully saturated rings. The number of methoxy groups -OCH3 is 1. The number of alkyl halides is 1. The van der Waals surface area contributed by atoms with Crippen LogP contribution in [0, 0.1) is 5.82 Å². The van der Waals surface area contributed by atoms with E-state index in [-0.39, 0.29) is 5.76 Å². The highest BCUT2D eigenvalue weighted by molar-refractivity contribution is 6.33. The number of rotatable bonds is 7. The molecule has 0 saturated heterocycles. The molecule has 0 bridgehead atoms. The molecule has 1 heterocycles. The lowest BCUT2D eigenvalue weighted by atomic mass is 9.96. The third-order valence-corrected chi connectivity index (χ3v) is 6.17. The summed E-state index contributed by atoms with van der Waals surface area (Å²) in [4.78, 5) is 19.6. The smallest absolute Gasteiger partial charge is 0.337 e. The Labute approximate surface area is 218 Å². The zero-order valence-electron chi connectivity index (χ0n) is 20.7. The number of allylic oxidation sites excluding steroid dienone is 2. The number of aliphatic imine (C=N–C) groups is 1. The first-order valence-electron chi connectivity index (χ1n) is 11.5. The fourth-order valence-electron chi connectivity index (χ4n) is 4.24. The van der Waals surface area contributed by atoms with Gasteiger partial charge in [-0.25, -0.2) is 13.6 Å². The molecular formula is C29H25ClF2N2O3. The van der Waals surface area contributed by atoms with Gasteiger partial charge in [0.05, 0.1) is 18.4 Å². The van der Waals surface area contributed by atoms with Gasteiger partial charge >= 0.3 is 5.97 Å². The van der Waals surface area contributed by atoms with E-state index in [2.05, 4.69) is 9.98 Å². The summed E-state index contributed by atoms with van der Waals surface area (Å²) in [7, 11) is 2.88. The number of carbonyl (C=O) groups is 1. The van der Waals surface area contributed by atoms with E-state index in [1.807, 2.05) is 24.3 Å². The molecule has 3 aromatic carbocycles. The Morgan fingerprint density at radius 2 is 1.86 bits per heavy atom. The molecule has 4 aromatic rings. The minimum Gasteiger partial charge on any atom is -0.465 e. The molecular weight excluding hydrogens is 498 g/mol. The zero-order valence-corrected chi connectivity index (χ0v) is 21.5. The van der Waals surface area contributed by atoms with Crippen molar-refractivity contribution in [2.75, 3.05) is 14.2 Å². The highest BCUT2D eigenvalue weighted by atomic mass is 35.5. The van der Waals surface area contributed by atoms with E-state index in [9.17, 15) is 13.6 Å². The maximum Gasteiger partial charge on any atom is 0.337 e. The van der Waals surface area contributed by atoms with Crippen molar-refractivity contribution in [1.82, 2.24) is 4.98 Å². The topological polar surface area (TPSA) is 63.7 Å². The number of fused-ring (bicyclic) bond motifs is 1. The van der Waals surface area contributed by atoms with Gasteiger partial charge in [0.25, 0.3) is 0 Å². The van der Waals surface area contributed by atoms with Crippen molar-refractivity contribution in [3.63, 3.8) is 0 Å². The van der Waals surface area contributed by atoms with Gasteiger partial charge in [-0.2, -0.15) is 0 Å². The van der Waals surface area contributed by atoms with E-state index in [0.29, 0.717) is 44.0 Å². The summed E-state index contributed by atoms with van der Waals surface area (Å²) in [6.45, 7) is 3.00. The maximum absolute atomic E-state index is 14.3. The number of nitrogens with one attached hydrogen (secondary N) is 1. The normalized spacial score (nSPS) is 13.1. The largest absolute Gasteiger partial charge is 0.465 e. The van der Waals surface area contributed by atoms with Crippen LogP contribution in [0.2, 0.25) is 5.02 Å². The molecule has 8 heteroatoms. The van der Waals surface area contributed by atoms with Gasteiger partial charge in [-0.1, -0.05) is 35.9 Å². The van der Waals surface area contributed by atoms with Crippen molar-refractivity contribution in [1.29, 1.82) is 0 Å². The number of hydrogen-bond donors (Lipinski definition) is 1. The number of H-pyrrole nitrogens is 1. The molecule has 1 unspecified atom stereocenters. The molecule has 0 radical (unpaired) electrons. The highest BCUT2D eigenvalue weighted by Crippen LogP contribution is 2.37. The minimum atomic E-state index is -1.56. The van der Waals surface area contributed by atoms with Crippen molar-refractivity contribution >= 4 is 34.2 Å². The number of esters is 1. The van der Waals surface area contributed by atoms with Crippen molar-refractivity contribution < 1.29 is 23.0 Å². The van der Waals surface area contributed by atoms with E-state index in [1.54, 1.807) is 44.3 Å². The van der Waals surface area contributed by atoms with Crippen LogP contribution in [-0.2, 0) is 9.47 Å². The van der Waals surface area contributed by atoms with Gasteiger partial charge in [0.15, 0.2) is 0 Å². The van der Waals surface area contributed by atoms with Crippen molar-refractivity contribution in [3.05, 3.63) is 94.5 Å². The second kappa shape index (κ2) is 11.0. The van der Waals surface area contributed by atoms with Gasteiger partial charge in [-0.05, 0) is 60.5 Å². The number of benzene rings is 3. The van der Waals surface area contributed by atoms with Crippen LogP contribution in [0.5, 0.6) is 0 Å². The summed E-state index contributed by atoms with van der Waals surface area (Å²) in [6, 6.07) is 17.0. The monoisotopic (exact) mass is 522 g/mol. The van der Waals surface area contributed by atoms with Crippen LogP contribution in [0.3, 0.4) is 0 Å². The van der Waals surface area contributed by atoms with Crippen LogP contribution in [-0.4, -0.2) is 37.2 Å². The average molecular weight is 523 g/mol. The summed E-state index contributed by atoms with van der Waals surface area (Å²) in [5, 5.41) is 0.965. The molecule has 0 aliphatic heterocycles.